The summed E-state index contributed by atoms with van der Waals surface area (Å²) >= 11 is 0. The zero-order valence-corrected chi connectivity index (χ0v) is 11.1. The van der Waals surface area contributed by atoms with Crippen LogP contribution in [0.1, 0.15) is 26.7 Å². The third-order valence-electron chi connectivity index (χ3n) is 5.95. The van der Waals surface area contributed by atoms with Gasteiger partial charge in [-0.3, -0.25) is 0 Å². The lowest BCUT2D eigenvalue weighted by Crippen LogP contribution is -2.47. The Kier molecular flexibility index (Phi) is 1.92. The van der Waals surface area contributed by atoms with Gasteiger partial charge in [-0.1, -0.05) is 6.92 Å². The van der Waals surface area contributed by atoms with Gasteiger partial charge in [0.05, 0.1) is 12.2 Å². The molecule has 3 aliphatic carbocycles. The van der Waals surface area contributed by atoms with Crippen LogP contribution in [-0.4, -0.2) is 28.4 Å². The van der Waals surface area contributed by atoms with Gasteiger partial charge in [-0.25, -0.2) is 4.79 Å². The van der Waals surface area contributed by atoms with Crippen LogP contribution in [0.25, 0.3) is 0 Å². The summed E-state index contributed by atoms with van der Waals surface area (Å²) in [5.41, 5.74) is 0.404. The number of fused-ring (bicyclic) bond motifs is 4. The molecule has 5 atom stereocenters. The number of aliphatic hydroxyl groups excluding tert-OH is 1. The van der Waals surface area contributed by atoms with Gasteiger partial charge in [0.1, 0.15) is 5.76 Å². The number of hydrogen-bond donors (Lipinski definition) is 2. The summed E-state index contributed by atoms with van der Waals surface area (Å²) in [6.07, 6.45) is 3.62. The van der Waals surface area contributed by atoms with E-state index in [9.17, 15) is 15.0 Å². The lowest BCUT2D eigenvalue weighted by molar-refractivity contribution is -0.133. The van der Waals surface area contributed by atoms with Gasteiger partial charge in [0, 0.05) is 17.1 Å². The van der Waals surface area contributed by atoms with E-state index in [2.05, 4.69) is 6.92 Å². The van der Waals surface area contributed by atoms with Crippen molar-refractivity contribution >= 4 is 5.97 Å². The molecule has 1 aliphatic heterocycles. The average molecular weight is 262 g/mol. The summed E-state index contributed by atoms with van der Waals surface area (Å²) < 4.78 is 5.32. The van der Waals surface area contributed by atoms with E-state index in [0.717, 1.165) is 12.0 Å². The number of esters is 1. The molecule has 0 radical (unpaired) electrons. The van der Waals surface area contributed by atoms with Crippen molar-refractivity contribution in [2.24, 2.45) is 23.2 Å². The van der Waals surface area contributed by atoms with Gasteiger partial charge in [0.15, 0.2) is 0 Å². The molecule has 2 fully saturated rings. The van der Waals surface area contributed by atoms with Crippen LogP contribution in [-0.2, 0) is 9.53 Å². The molecule has 2 N–H and O–H groups in total. The van der Waals surface area contributed by atoms with Gasteiger partial charge in [-0.15, -0.1) is 0 Å². The molecule has 0 aromatic heterocycles. The maximum Gasteiger partial charge on any atom is 0.339 e. The van der Waals surface area contributed by atoms with Crippen LogP contribution in [0, 0.1) is 23.2 Å². The summed E-state index contributed by atoms with van der Waals surface area (Å²) in [5.74, 6) is 0.999. The molecule has 0 bridgehead atoms. The number of allylic oxidation sites excluding steroid dienone is 2. The van der Waals surface area contributed by atoms with Gasteiger partial charge < -0.3 is 14.9 Å². The molecule has 4 nitrogen and oxygen atoms in total. The molecular weight excluding hydrogens is 244 g/mol. The lowest BCUT2D eigenvalue weighted by Gasteiger charge is -2.42. The topological polar surface area (TPSA) is 66.8 Å². The maximum atomic E-state index is 11.7. The molecule has 0 spiro atoms. The molecule has 5 unspecified atom stereocenters. The Hall–Kier alpha value is -1.13. The van der Waals surface area contributed by atoms with Crippen molar-refractivity contribution in [3.8, 4) is 0 Å². The van der Waals surface area contributed by atoms with Gasteiger partial charge in [-0.05, 0) is 43.1 Å². The molecule has 4 aliphatic rings. The van der Waals surface area contributed by atoms with Crippen molar-refractivity contribution < 1.29 is 19.7 Å². The van der Waals surface area contributed by atoms with Gasteiger partial charge in [0.25, 0.3) is 0 Å². The monoisotopic (exact) mass is 262 g/mol. The van der Waals surface area contributed by atoms with Crippen LogP contribution in [0.5, 0.6) is 0 Å². The van der Waals surface area contributed by atoms with Crippen molar-refractivity contribution in [3.05, 3.63) is 23.0 Å². The van der Waals surface area contributed by atoms with Crippen LogP contribution in [0.15, 0.2) is 23.0 Å². The molecular formula is C15H18O4. The molecule has 1 heterocycles. The fourth-order valence-electron chi connectivity index (χ4n) is 4.72. The quantitative estimate of drug-likeness (QED) is 0.695. The summed E-state index contributed by atoms with van der Waals surface area (Å²) in [5, 5.41) is 20.5. The first kappa shape index (κ1) is 11.7. The number of aliphatic hydroxyl groups is 2. The second-order valence-electron chi connectivity index (χ2n) is 6.72. The van der Waals surface area contributed by atoms with E-state index in [4.69, 9.17) is 4.74 Å². The number of hydrogen-bond acceptors (Lipinski definition) is 4. The molecule has 102 valence electrons. The number of carbonyl (C=O) groups is 1. The van der Waals surface area contributed by atoms with Crippen LogP contribution in [0.3, 0.4) is 0 Å². The predicted octanol–water partition coefficient (Wildman–Crippen LogP) is 1.14. The van der Waals surface area contributed by atoms with E-state index in [0.29, 0.717) is 23.7 Å². The van der Waals surface area contributed by atoms with Crippen LogP contribution in [0.4, 0.5) is 0 Å². The largest absolute Gasteiger partial charge is 0.423 e. The van der Waals surface area contributed by atoms with E-state index in [-0.39, 0.29) is 29.8 Å². The van der Waals surface area contributed by atoms with E-state index >= 15 is 0 Å². The van der Waals surface area contributed by atoms with Crippen molar-refractivity contribution in [2.75, 3.05) is 6.61 Å². The first-order chi connectivity index (χ1) is 8.91. The fraction of sp³-hybridized carbons (Fsp3) is 0.667. The zero-order chi connectivity index (χ0) is 13.6. The van der Waals surface area contributed by atoms with Crippen LogP contribution in [0.2, 0.25) is 0 Å². The highest BCUT2D eigenvalue weighted by Gasteiger charge is 2.72. The molecule has 19 heavy (non-hydrogen) atoms. The predicted molar refractivity (Wildman–Crippen MR) is 66.7 cm³/mol. The molecule has 0 amide bonds. The summed E-state index contributed by atoms with van der Waals surface area (Å²) in [7, 11) is 0. The Labute approximate surface area is 111 Å². The number of ether oxygens (including phenoxy) is 1. The Morgan fingerprint density at radius 1 is 1.47 bits per heavy atom. The van der Waals surface area contributed by atoms with Gasteiger partial charge in [0.2, 0.25) is 0 Å². The van der Waals surface area contributed by atoms with Crippen molar-refractivity contribution in [3.63, 3.8) is 0 Å². The normalized spacial score (nSPS) is 50.4. The second kappa shape index (κ2) is 3.13. The third kappa shape index (κ3) is 1.15. The summed E-state index contributed by atoms with van der Waals surface area (Å²) in [4.78, 5) is 11.7. The Balaban J connectivity index is 1.86. The van der Waals surface area contributed by atoms with E-state index < -0.39 is 5.60 Å². The van der Waals surface area contributed by atoms with E-state index in [1.807, 2.05) is 6.08 Å². The highest BCUT2D eigenvalue weighted by atomic mass is 16.5. The first-order valence-corrected chi connectivity index (χ1v) is 6.90. The fourth-order valence-corrected chi connectivity index (χ4v) is 4.72. The molecule has 2 saturated carbocycles. The van der Waals surface area contributed by atoms with Crippen LogP contribution < -0.4 is 0 Å². The minimum Gasteiger partial charge on any atom is -0.423 e. The minimum absolute atomic E-state index is 0.0167. The Bertz CT molecular complexity index is 560. The second-order valence-corrected chi connectivity index (χ2v) is 6.72. The Morgan fingerprint density at radius 2 is 2.21 bits per heavy atom. The van der Waals surface area contributed by atoms with Crippen molar-refractivity contribution in [1.29, 1.82) is 0 Å². The minimum atomic E-state index is -1.000. The number of carbonyl (C=O) groups excluding carboxylic acids is 1. The van der Waals surface area contributed by atoms with E-state index in [1.54, 1.807) is 6.92 Å². The summed E-state index contributed by atoms with van der Waals surface area (Å²) in [6.45, 7) is 3.70. The Morgan fingerprint density at radius 3 is 2.89 bits per heavy atom. The molecule has 4 heteroatoms. The molecule has 0 saturated heterocycles. The molecule has 0 aromatic rings. The molecule has 4 rings (SSSR count). The number of rotatable bonds is 1. The van der Waals surface area contributed by atoms with Crippen molar-refractivity contribution in [1.82, 2.24) is 0 Å². The SMILES string of the molecule is CC1=C2CC3C(C)(C=C2OC1=O)C1CC1C3(O)CO. The standard InChI is InChI=1S/C15H18O4/c1-7-8-3-12-14(2,5-11(8)19-13(7)17)9-4-10(9)15(12,18)6-16/h5,9-10,12,16,18H,3-4,6H2,1-2H3. The first-order valence-electron chi connectivity index (χ1n) is 6.90. The van der Waals surface area contributed by atoms with E-state index in [1.165, 1.54) is 0 Å². The maximum absolute atomic E-state index is 11.7. The third-order valence-corrected chi connectivity index (χ3v) is 5.95. The molecule has 0 aromatic carbocycles. The summed E-state index contributed by atoms with van der Waals surface area (Å²) in [6, 6.07) is 0. The average Bonchev–Trinajstić information content (AvgIpc) is 3.10. The van der Waals surface area contributed by atoms with Crippen molar-refractivity contribution in [2.45, 2.75) is 32.3 Å². The highest BCUT2D eigenvalue weighted by molar-refractivity contribution is 5.94. The highest BCUT2D eigenvalue weighted by Crippen LogP contribution is 2.72. The zero-order valence-electron chi connectivity index (χ0n) is 11.1. The van der Waals surface area contributed by atoms with Crippen LogP contribution >= 0.6 is 0 Å². The lowest BCUT2D eigenvalue weighted by atomic mass is 9.64. The van der Waals surface area contributed by atoms with Gasteiger partial charge in [-0.2, -0.15) is 0 Å². The smallest absolute Gasteiger partial charge is 0.339 e. The van der Waals surface area contributed by atoms with Gasteiger partial charge >= 0.3 is 5.97 Å².